The summed E-state index contributed by atoms with van der Waals surface area (Å²) in [6.45, 7) is 5.39. The van der Waals surface area contributed by atoms with Crippen molar-refractivity contribution in [2.24, 2.45) is 11.3 Å². The molecule has 1 unspecified atom stereocenters. The van der Waals surface area contributed by atoms with Crippen LogP contribution in [0.3, 0.4) is 0 Å². The molecule has 3 rings (SSSR count). The Morgan fingerprint density at radius 1 is 1.58 bits per heavy atom. The summed E-state index contributed by atoms with van der Waals surface area (Å²) in [5.74, 6) is 1.35. The van der Waals surface area contributed by atoms with Gasteiger partial charge in [0, 0.05) is 18.7 Å². The number of aromatic amines is 1. The number of nitrogens with zero attached hydrogens (tertiary/aromatic N) is 2. The van der Waals surface area contributed by atoms with Gasteiger partial charge in [-0.2, -0.15) is 0 Å². The van der Waals surface area contributed by atoms with Crippen LogP contribution in [0.1, 0.15) is 20.3 Å². The van der Waals surface area contributed by atoms with Crippen LogP contribution in [-0.4, -0.2) is 21.4 Å². The van der Waals surface area contributed by atoms with Gasteiger partial charge in [0.2, 0.25) is 5.95 Å². The number of H-pyrrole nitrogens is 1. The molecule has 2 aromatic rings. The molecule has 0 bridgehead atoms. The van der Waals surface area contributed by atoms with E-state index in [2.05, 4.69) is 29.1 Å². The van der Waals surface area contributed by atoms with Crippen LogP contribution in [0.5, 0.6) is 0 Å². The Labute approximate surface area is 110 Å². The van der Waals surface area contributed by atoms with Gasteiger partial charge in [-0.3, -0.25) is 10.1 Å². The molecule has 0 aliphatic heterocycles. The van der Waals surface area contributed by atoms with Gasteiger partial charge >= 0.3 is 0 Å². The summed E-state index contributed by atoms with van der Waals surface area (Å²) >= 11 is 0. The van der Waals surface area contributed by atoms with Crippen LogP contribution >= 0.6 is 0 Å². The zero-order valence-corrected chi connectivity index (χ0v) is 10.9. The Hall–Kier alpha value is -2.11. The standard InChI is InChI=1S/C13H16N4O2/c1-13(2)6-8(13)7-14-12-15-10-4-3-9(17(18)19)5-11(10)16-12/h3-5,8H,6-7H2,1-2H3,(H2,14,15,16). The second kappa shape index (κ2) is 3.94. The Morgan fingerprint density at radius 2 is 2.32 bits per heavy atom. The molecule has 1 atom stereocenters. The molecule has 2 N–H and O–H groups in total. The van der Waals surface area contributed by atoms with E-state index in [1.165, 1.54) is 18.6 Å². The lowest BCUT2D eigenvalue weighted by Gasteiger charge is -2.03. The van der Waals surface area contributed by atoms with Crippen molar-refractivity contribution in [2.75, 3.05) is 11.9 Å². The van der Waals surface area contributed by atoms with Crippen LogP contribution in [0.15, 0.2) is 18.2 Å². The van der Waals surface area contributed by atoms with Gasteiger partial charge in [-0.05, 0) is 23.8 Å². The molecule has 0 saturated heterocycles. The van der Waals surface area contributed by atoms with Gasteiger partial charge in [-0.25, -0.2) is 4.98 Å². The molecule has 0 radical (unpaired) electrons. The van der Waals surface area contributed by atoms with Crippen LogP contribution in [0.4, 0.5) is 11.6 Å². The Balaban J connectivity index is 1.76. The molecule has 19 heavy (non-hydrogen) atoms. The van der Waals surface area contributed by atoms with Crippen LogP contribution < -0.4 is 5.32 Å². The summed E-state index contributed by atoms with van der Waals surface area (Å²) in [6, 6.07) is 4.64. The largest absolute Gasteiger partial charge is 0.356 e. The smallest absolute Gasteiger partial charge is 0.271 e. The maximum Gasteiger partial charge on any atom is 0.271 e. The number of hydrogen-bond acceptors (Lipinski definition) is 4. The quantitative estimate of drug-likeness (QED) is 0.654. The van der Waals surface area contributed by atoms with E-state index < -0.39 is 4.92 Å². The monoisotopic (exact) mass is 260 g/mol. The summed E-state index contributed by atoms with van der Waals surface area (Å²) in [4.78, 5) is 17.7. The number of imidazole rings is 1. The van der Waals surface area contributed by atoms with Gasteiger partial charge in [0.1, 0.15) is 0 Å². The molecule has 100 valence electrons. The molecule has 6 nitrogen and oxygen atoms in total. The summed E-state index contributed by atoms with van der Waals surface area (Å²) in [6.07, 6.45) is 1.23. The fraction of sp³-hybridized carbons (Fsp3) is 0.462. The van der Waals surface area contributed by atoms with E-state index in [1.54, 1.807) is 6.07 Å². The van der Waals surface area contributed by atoms with E-state index in [9.17, 15) is 10.1 Å². The number of anilines is 1. The lowest BCUT2D eigenvalue weighted by Crippen LogP contribution is -2.08. The molecule has 1 fully saturated rings. The third-order valence-corrected chi connectivity index (χ3v) is 3.91. The van der Waals surface area contributed by atoms with Gasteiger partial charge < -0.3 is 10.3 Å². The summed E-state index contributed by atoms with van der Waals surface area (Å²) in [5, 5.41) is 14.0. The second-order valence-corrected chi connectivity index (χ2v) is 5.81. The number of hydrogen-bond donors (Lipinski definition) is 2. The van der Waals surface area contributed by atoms with E-state index in [1.807, 2.05) is 0 Å². The van der Waals surface area contributed by atoms with Crippen molar-refractivity contribution in [1.82, 2.24) is 9.97 Å². The predicted molar refractivity (Wildman–Crippen MR) is 73.1 cm³/mol. The van der Waals surface area contributed by atoms with Crippen LogP contribution in [0.2, 0.25) is 0 Å². The number of rotatable bonds is 4. The lowest BCUT2D eigenvalue weighted by molar-refractivity contribution is -0.384. The van der Waals surface area contributed by atoms with E-state index in [0.29, 0.717) is 22.8 Å². The van der Waals surface area contributed by atoms with Crippen molar-refractivity contribution in [3.8, 4) is 0 Å². The Kier molecular flexibility index (Phi) is 2.48. The molecular formula is C13H16N4O2. The maximum absolute atomic E-state index is 10.7. The first-order chi connectivity index (χ1) is 8.95. The van der Waals surface area contributed by atoms with Gasteiger partial charge in [0.15, 0.2) is 0 Å². The molecular weight excluding hydrogens is 244 g/mol. The van der Waals surface area contributed by atoms with Gasteiger partial charge in [0.05, 0.1) is 16.0 Å². The Morgan fingerprint density at radius 3 is 2.95 bits per heavy atom. The molecule has 1 aromatic carbocycles. The fourth-order valence-electron chi connectivity index (χ4n) is 2.34. The highest BCUT2D eigenvalue weighted by atomic mass is 16.6. The first kappa shape index (κ1) is 12.0. The topological polar surface area (TPSA) is 83.8 Å². The SMILES string of the molecule is CC1(C)CC1CNc1nc2ccc([N+](=O)[O-])cc2[nH]1. The predicted octanol–water partition coefficient (Wildman–Crippen LogP) is 2.93. The molecule has 1 saturated carbocycles. The number of nitro groups is 1. The zero-order valence-electron chi connectivity index (χ0n) is 10.9. The number of benzene rings is 1. The van der Waals surface area contributed by atoms with Gasteiger partial charge in [0.25, 0.3) is 5.69 Å². The first-order valence-electron chi connectivity index (χ1n) is 6.34. The number of nitrogens with one attached hydrogen (secondary N) is 2. The van der Waals surface area contributed by atoms with Crippen molar-refractivity contribution in [3.05, 3.63) is 28.3 Å². The molecule has 1 heterocycles. The fourth-order valence-corrected chi connectivity index (χ4v) is 2.34. The zero-order chi connectivity index (χ0) is 13.6. The molecule has 0 amide bonds. The average molecular weight is 260 g/mol. The molecule has 6 heteroatoms. The summed E-state index contributed by atoms with van der Waals surface area (Å²) < 4.78 is 0. The summed E-state index contributed by atoms with van der Waals surface area (Å²) in [7, 11) is 0. The number of non-ortho nitro benzene ring substituents is 1. The second-order valence-electron chi connectivity index (χ2n) is 5.81. The van der Waals surface area contributed by atoms with Crippen molar-refractivity contribution in [3.63, 3.8) is 0 Å². The average Bonchev–Trinajstić information content (AvgIpc) is 2.80. The van der Waals surface area contributed by atoms with E-state index in [4.69, 9.17) is 0 Å². The van der Waals surface area contributed by atoms with Gasteiger partial charge in [-0.15, -0.1) is 0 Å². The van der Waals surface area contributed by atoms with E-state index in [0.717, 1.165) is 12.1 Å². The van der Waals surface area contributed by atoms with E-state index in [-0.39, 0.29) is 5.69 Å². The number of nitro benzene ring substituents is 1. The van der Waals surface area contributed by atoms with Crippen molar-refractivity contribution < 1.29 is 4.92 Å². The minimum absolute atomic E-state index is 0.0750. The summed E-state index contributed by atoms with van der Waals surface area (Å²) in [5.41, 5.74) is 1.93. The van der Waals surface area contributed by atoms with Crippen molar-refractivity contribution >= 4 is 22.7 Å². The van der Waals surface area contributed by atoms with Crippen LogP contribution in [-0.2, 0) is 0 Å². The number of aromatic nitrogens is 2. The highest BCUT2D eigenvalue weighted by Gasteiger charge is 2.45. The Bertz CT molecular complexity index is 647. The van der Waals surface area contributed by atoms with Crippen LogP contribution in [0, 0.1) is 21.4 Å². The maximum atomic E-state index is 10.7. The highest BCUT2D eigenvalue weighted by molar-refractivity contribution is 5.79. The molecule has 1 aromatic heterocycles. The van der Waals surface area contributed by atoms with Crippen molar-refractivity contribution in [1.29, 1.82) is 0 Å². The normalized spacial score (nSPS) is 20.4. The third kappa shape index (κ3) is 2.25. The van der Waals surface area contributed by atoms with Crippen LogP contribution in [0.25, 0.3) is 11.0 Å². The van der Waals surface area contributed by atoms with E-state index >= 15 is 0 Å². The lowest BCUT2D eigenvalue weighted by atomic mass is 10.1. The minimum Gasteiger partial charge on any atom is -0.356 e. The molecule has 0 spiro atoms. The molecule has 1 aliphatic carbocycles. The minimum atomic E-state index is -0.403. The number of fused-ring (bicyclic) bond motifs is 1. The highest BCUT2D eigenvalue weighted by Crippen LogP contribution is 2.51. The third-order valence-electron chi connectivity index (χ3n) is 3.91. The first-order valence-corrected chi connectivity index (χ1v) is 6.34. The van der Waals surface area contributed by atoms with Crippen molar-refractivity contribution in [2.45, 2.75) is 20.3 Å². The van der Waals surface area contributed by atoms with Gasteiger partial charge in [-0.1, -0.05) is 13.8 Å². The molecule has 1 aliphatic rings.